The SMILES string of the molecule is CC1CCC=C/C=C\C1=Nc1ccc2c(c1)C1(COC(N)=N1)C1(COC1)CO2. The second-order valence-corrected chi connectivity index (χ2v) is 8.14. The van der Waals surface area contributed by atoms with E-state index in [4.69, 9.17) is 29.9 Å². The van der Waals surface area contributed by atoms with Crippen LogP contribution in [0, 0.1) is 11.3 Å². The number of benzene rings is 1. The number of amidine groups is 1. The van der Waals surface area contributed by atoms with Crippen LogP contribution < -0.4 is 10.5 Å². The molecule has 1 aromatic rings. The molecule has 0 amide bonds. The van der Waals surface area contributed by atoms with E-state index in [-0.39, 0.29) is 11.4 Å². The van der Waals surface area contributed by atoms with Gasteiger partial charge in [0.2, 0.25) is 0 Å². The van der Waals surface area contributed by atoms with E-state index in [1.54, 1.807) is 0 Å². The molecular formula is C22H25N3O3. The fraction of sp³-hybridized carbons (Fsp3) is 0.455. The lowest BCUT2D eigenvalue weighted by Gasteiger charge is -2.53. The molecule has 1 aromatic carbocycles. The molecule has 28 heavy (non-hydrogen) atoms. The fourth-order valence-electron chi connectivity index (χ4n) is 4.45. The van der Waals surface area contributed by atoms with E-state index in [1.807, 2.05) is 12.1 Å². The van der Waals surface area contributed by atoms with Crippen LogP contribution in [0.4, 0.5) is 5.69 Å². The molecule has 5 rings (SSSR count). The van der Waals surface area contributed by atoms with E-state index in [9.17, 15) is 0 Å². The fourth-order valence-corrected chi connectivity index (χ4v) is 4.45. The number of fused-ring (bicyclic) bond motifs is 3. The highest BCUT2D eigenvalue weighted by Gasteiger charge is 2.63. The number of nitrogens with two attached hydrogens (primary N) is 1. The number of aliphatic imine (C=N–C) groups is 2. The molecule has 6 nitrogen and oxygen atoms in total. The van der Waals surface area contributed by atoms with Gasteiger partial charge in [-0.15, -0.1) is 0 Å². The highest BCUT2D eigenvalue weighted by Crippen LogP contribution is 2.56. The van der Waals surface area contributed by atoms with Gasteiger partial charge < -0.3 is 19.9 Å². The van der Waals surface area contributed by atoms with Crippen molar-refractivity contribution in [2.45, 2.75) is 25.3 Å². The van der Waals surface area contributed by atoms with Crippen LogP contribution in [0.2, 0.25) is 0 Å². The molecule has 1 aliphatic carbocycles. The van der Waals surface area contributed by atoms with Crippen molar-refractivity contribution in [2.75, 3.05) is 26.4 Å². The van der Waals surface area contributed by atoms with E-state index < -0.39 is 5.54 Å². The summed E-state index contributed by atoms with van der Waals surface area (Å²) in [5.74, 6) is 1.23. The Morgan fingerprint density at radius 2 is 2.04 bits per heavy atom. The summed E-state index contributed by atoms with van der Waals surface area (Å²) in [6.45, 7) is 4.39. The van der Waals surface area contributed by atoms with Gasteiger partial charge in [0.25, 0.3) is 6.02 Å². The van der Waals surface area contributed by atoms with E-state index in [0.717, 1.165) is 35.6 Å². The number of allylic oxidation sites excluding steroid dienone is 4. The summed E-state index contributed by atoms with van der Waals surface area (Å²) in [6.07, 6.45) is 10.6. The van der Waals surface area contributed by atoms with Gasteiger partial charge in [-0.3, -0.25) is 4.99 Å². The van der Waals surface area contributed by atoms with Crippen LogP contribution in [0.5, 0.6) is 5.75 Å². The molecule has 6 heteroatoms. The van der Waals surface area contributed by atoms with Gasteiger partial charge in [-0.1, -0.05) is 25.2 Å². The normalized spacial score (nSPS) is 32.7. The van der Waals surface area contributed by atoms with Crippen LogP contribution in [0.15, 0.2) is 52.5 Å². The average molecular weight is 379 g/mol. The van der Waals surface area contributed by atoms with E-state index in [2.05, 4.69) is 37.3 Å². The summed E-state index contributed by atoms with van der Waals surface area (Å²) in [5, 5.41) is 0. The lowest BCUT2D eigenvalue weighted by atomic mass is 9.64. The maximum Gasteiger partial charge on any atom is 0.283 e. The van der Waals surface area contributed by atoms with E-state index in [0.29, 0.717) is 32.3 Å². The first kappa shape index (κ1) is 17.5. The van der Waals surface area contributed by atoms with Gasteiger partial charge in [0.15, 0.2) is 0 Å². The van der Waals surface area contributed by atoms with Gasteiger partial charge in [-0.25, -0.2) is 4.99 Å². The molecule has 2 atom stereocenters. The van der Waals surface area contributed by atoms with Gasteiger partial charge in [0.1, 0.15) is 24.5 Å². The minimum atomic E-state index is -0.565. The third-order valence-corrected chi connectivity index (χ3v) is 6.32. The molecule has 1 fully saturated rings. The van der Waals surface area contributed by atoms with Crippen molar-refractivity contribution in [3.05, 3.63) is 48.1 Å². The zero-order valence-electron chi connectivity index (χ0n) is 16.1. The predicted molar refractivity (Wildman–Crippen MR) is 108 cm³/mol. The molecule has 1 saturated heterocycles. The molecule has 2 spiro atoms. The van der Waals surface area contributed by atoms with Crippen LogP contribution in [-0.2, 0) is 15.0 Å². The summed E-state index contributed by atoms with van der Waals surface area (Å²) in [5.41, 5.74) is 8.12. The largest absolute Gasteiger partial charge is 0.492 e. The predicted octanol–water partition coefficient (Wildman–Crippen LogP) is 3.25. The Morgan fingerprint density at radius 3 is 2.79 bits per heavy atom. The van der Waals surface area contributed by atoms with Crippen LogP contribution in [0.3, 0.4) is 0 Å². The van der Waals surface area contributed by atoms with E-state index in [1.165, 1.54) is 0 Å². The van der Waals surface area contributed by atoms with Crippen LogP contribution in [-0.4, -0.2) is 38.2 Å². The van der Waals surface area contributed by atoms with Crippen LogP contribution in [0.1, 0.15) is 25.3 Å². The van der Waals surface area contributed by atoms with Gasteiger partial charge in [0, 0.05) is 11.3 Å². The lowest BCUT2D eigenvalue weighted by Crippen LogP contribution is -2.63. The van der Waals surface area contributed by atoms with Crippen molar-refractivity contribution in [2.24, 2.45) is 27.1 Å². The molecule has 3 heterocycles. The number of hydrogen-bond acceptors (Lipinski definition) is 6. The molecule has 2 N–H and O–H groups in total. The minimum Gasteiger partial charge on any atom is -0.492 e. The molecule has 146 valence electrons. The Kier molecular flexibility index (Phi) is 4.05. The maximum absolute atomic E-state index is 6.09. The van der Waals surface area contributed by atoms with Crippen molar-refractivity contribution >= 4 is 17.4 Å². The summed E-state index contributed by atoms with van der Waals surface area (Å²) in [7, 11) is 0. The Morgan fingerprint density at radius 1 is 1.14 bits per heavy atom. The molecule has 3 aliphatic heterocycles. The monoisotopic (exact) mass is 379 g/mol. The van der Waals surface area contributed by atoms with Crippen molar-refractivity contribution in [1.29, 1.82) is 0 Å². The van der Waals surface area contributed by atoms with Gasteiger partial charge in [-0.2, -0.15) is 0 Å². The van der Waals surface area contributed by atoms with Crippen molar-refractivity contribution in [3.8, 4) is 5.75 Å². The third-order valence-electron chi connectivity index (χ3n) is 6.32. The van der Waals surface area contributed by atoms with Gasteiger partial charge >= 0.3 is 0 Å². The van der Waals surface area contributed by atoms with Gasteiger partial charge in [0.05, 0.1) is 24.3 Å². The summed E-state index contributed by atoms with van der Waals surface area (Å²) in [4.78, 5) is 9.73. The number of rotatable bonds is 1. The molecule has 0 radical (unpaired) electrons. The summed E-state index contributed by atoms with van der Waals surface area (Å²) >= 11 is 0. The van der Waals surface area contributed by atoms with Crippen LogP contribution in [0.25, 0.3) is 0 Å². The molecule has 2 unspecified atom stereocenters. The lowest BCUT2D eigenvalue weighted by molar-refractivity contribution is -0.184. The molecular weight excluding hydrogens is 354 g/mol. The number of hydrogen-bond donors (Lipinski definition) is 1. The molecule has 4 aliphatic rings. The summed E-state index contributed by atoms with van der Waals surface area (Å²) in [6, 6.07) is 6.32. The average Bonchev–Trinajstić information content (AvgIpc) is 3.03. The van der Waals surface area contributed by atoms with Crippen molar-refractivity contribution < 1.29 is 14.2 Å². The van der Waals surface area contributed by atoms with Crippen LogP contribution >= 0.6 is 0 Å². The quantitative estimate of drug-likeness (QED) is 0.812. The Hall–Kier alpha value is -2.60. The highest BCUT2D eigenvalue weighted by atomic mass is 16.5. The van der Waals surface area contributed by atoms with E-state index >= 15 is 0 Å². The maximum atomic E-state index is 6.09. The second kappa shape index (κ2) is 6.48. The standard InChI is InChI=1S/C22H25N3O3/c1-15-6-4-2-3-5-7-18(15)24-16-8-9-19-17(10-16)22(14-28-20(23)25-22)21(13-27-19)11-26-12-21/h2-3,5,7-10,15H,4,6,11-14H2,1H3,(H2,23,25)/b3-2?,7-5-,24-18?. The molecule has 0 saturated carbocycles. The Bertz CT molecular complexity index is 914. The number of nitrogens with zero attached hydrogens (tertiary/aromatic N) is 2. The third kappa shape index (κ3) is 2.58. The summed E-state index contributed by atoms with van der Waals surface area (Å²) < 4.78 is 17.3. The zero-order valence-corrected chi connectivity index (χ0v) is 16.1. The zero-order chi connectivity index (χ0) is 19.2. The van der Waals surface area contributed by atoms with Crippen molar-refractivity contribution in [3.63, 3.8) is 0 Å². The molecule has 0 aromatic heterocycles. The smallest absolute Gasteiger partial charge is 0.283 e. The first-order chi connectivity index (χ1) is 13.6. The Labute approximate surface area is 164 Å². The van der Waals surface area contributed by atoms with Crippen molar-refractivity contribution in [1.82, 2.24) is 0 Å². The molecule has 0 bridgehead atoms. The van der Waals surface area contributed by atoms with Gasteiger partial charge in [-0.05, 0) is 43.0 Å². The first-order valence-electron chi connectivity index (χ1n) is 9.87. The first-order valence-corrected chi connectivity index (χ1v) is 9.87. The minimum absolute atomic E-state index is 0.231. The topological polar surface area (TPSA) is 78.4 Å². The highest BCUT2D eigenvalue weighted by molar-refractivity contribution is 5.98. The Balaban J connectivity index is 1.59. The second-order valence-electron chi connectivity index (χ2n) is 8.14. The number of ether oxygens (including phenoxy) is 3.